The highest BCUT2D eigenvalue weighted by molar-refractivity contribution is 6.04. The quantitative estimate of drug-likeness (QED) is 0.815. The fourth-order valence-electron chi connectivity index (χ4n) is 1.65. The van der Waals surface area contributed by atoms with Gasteiger partial charge in [-0.25, -0.2) is 4.39 Å². The number of hydrogen-bond acceptors (Lipinski definition) is 4. The van der Waals surface area contributed by atoms with E-state index in [-0.39, 0.29) is 22.8 Å². The molecule has 2 N–H and O–H groups in total. The van der Waals surface area contributed by atoms with Crippen molar-refractivity contribution in [2.45, 2.75) is 19.9 Å². The van der Waals surface area contributed by atoms with E-state index in [0.717, 1.165) is 0 Å². The van der Waals surface area contributed by atoms with Crippen LogP contribution in [0, 0.1) is 12.7 Å². The molecule has 1 atom stereocenters. The topological polar surface area (TPSA) is 61.5 Å². The van der Waals surface area contributed by atoms with E-state index in [2.05, 4.69) is 0 Å². The molecule has 94 valence electrons. The molecule has 1 aromatic carbocycles. The lowest BCUT2D eigenvalue weighted by atomic mass is 9.98. The summed E-state index contributed by atoms with van der Waals surface area (Å²) in [6.45, 7) is 3.19. The number of methoxy groups -OCH3 is 2. The molecule has 1 aromatic rings. The molecular formula is C12H16FNO3. The van der Waals surface area contributed by atoms with Crippen LogP contribution in [-0.4, -0.2) is 26.0 Å². The molecule has 0 saturated carbocycles. The van der Waals surface area contributed by atoms with Crippen molar-refractivity contribution in [3.63, 3.8) is 0 Å². The Balaban J connectivity index is 3.53. The van der Waals surface area contributed by atoms with Gasteiger partial charge in [0.15, 0.2) is 23.1 Å². The molecule has 0 radical (unpaired) electrons. The number of halogens is 1. The summed E-state index contributed by atoms with van der Waals surface area (Å²) < 4.78 is 23.6. The van der Waals surface area contributed by atoms with Gasteiger partial charge in [-0.05, 0) is 25.5 Å². The first kappa shape index (κ1) is 13.4. The van der Waals surface area contributed by atoms with E-state index in [1.807, 2.05) is 0 Å². The standard InChI is InChI=1S/C12H16FNO3/c1-6-5-8(13)11(16-3)12(17-4)9(6)10(15)7(2)14/h5,7H,14H2,1-4H3. The molecule has 0 spiro atoms. The molecule has 0 saturated heterocycles. The van der Waals surface area contributed by atoms with Gasteiger partial charge in [-0.3, -0.25) is 4.79 Å². The van der Waals surface area contributed by atoms with Crippen LogP contribution in [-0.2, 0) is 0 Å². The van der Waals surface area contributed by atoms with Gasteiger partial charge < -0.3 is 15.2 Å². The maximum atomic E-state index is 13.6. The number of ketones is 1. The number of rotatable bonds is 4. The van der Waals surface area contributed by atoms with Gasteiger partial charge >= 0.3 is 0 Å². The van der Waals surface area contributed by atoms with Crippen molar-refractivity contribution in [2.75, 3.05) is 14.2 Å². The first-order chi connectivity index (χ1) is 7.93. The van der Waals surface area contributed by atoms with E-state index in [0.29, 0.717) is 5.56 Å². The van der Waals surface area contributed by atoms with Crippen molar-refractivity contribution in [3.8, 4) is 11.5 Å². The molecule has 0 aliphatic rings. The van der Waals surface area contributed by atoms with Crippen LogP contribution in [0.3, 0.4) is 0 Å². The summed E-state index contributed by atoms with van der Waals surface area (Å²) >= 11 is 0. The molecule has 0 aliphatic heterocycles. The SMILES string of the molecule is COc1c(F)cc(C)c(C(=O)C(C)N)c1OC. The zero-order chi connectivity index (χ0) is 13.2. The largest absolute Gasteiger partial charge is 0.492 e. The minimum Gasteiger partial charge on any atom is -0.492 e. The zero-order valence-electron chi connectivity index (χ0n) is 10.3. The summed E-state index contributed by atoms with van der Waals surface area (Å²) in [4.78, 5) is 11.9. The van der Waals surface area contributed by atoms with Crippen molar-refractivity contribution in [2.24, 2.45) is 5.73 Å². The summed E-state index contributed by atoms with van der Waals surface area (Å²) in [5.41, 5.74) is 6.29. The van der Waals surface area contributed by atoms with E-state index in [4.69, 9.17) is 15.2 Å². The molecule has 5 heteroatoms. The van der Waals surface area contributed by atoms with Gasteiger partial charge in [-0.15, -0.1) is 0 Å². The minimum absolute atomic E-state index is 0.0814. The molecule has 1 rings (SSSR count). The van der Waals surface area contributed by atoms with Gasteiger partial charge in [0.05, 0.1) is 25.8 Å². The maximum Gasteiger partial charge on any atom is 0.197 e. The highest BCUT2D eigenvalue weighted by Crippen LogP contribution is 2.36. The normalized spacial score (nSPS) is 12.1. The summed E-state index contributed by atoms with van der Waals surface area (Å²) in [6.07, 6.45) is 0. The Morgan fingerprint density at radius 3 is 2.29 bits per heavy atom. The van der Waals surface area contributed by atoms with E-state index >= 15 is 0 Å². The zero-order valence-corrected chi connectivity index (χ0v) is 10.3. The third-order valence-electron chi connectivity index (χ3n) is 2.46. The Kier molecular flexibility index (Phi) is 4.07. The van der Waals surface area contributed by atoms with E-state index in [9.17, 15) is 9.18 Å². The number of nitrogens with two attached hydrogens (primary N) is 1. The van der Waals surface area contributed by atoms with Crippen molar-refractivity contribution >= 4 is 5.78 Å². The summed E-state index contributed by atoms with van der Waals surface area (Å²) in [5.74, 6) is -0.866. The summed E-state index contributed by atoms with van der Waals surface area (Å²) in [6, 6.07) is 0.550. The van der Waals surface area contributed by atoms with Gasteiger partial charge in [0.2, 0.25) is 0 Å². The van der Waals surface area contributed by atoms with Crippen LogP contribution < -0.4 is 15.2 Å². The average molecular weight is 241 g/mol. The molecule has 0 heterocycles. The first-order valence-corrected chi connectivity index (χ1v) is 5.14. The lowest BCUT2D eigenvalue weighted by Gasteiger charge is -2.16. The third kappa shape index (κ3) is 2.39. The van der Waals surface area contributed by atoms with Crippen LogP contribution in [0.15, 0.2) is 6.07 Å². The minimum atomic E-state index is -0.683. The predicted molar refractivity (Wildman–Crippen MR) is 62.2 cm³/mol. The Labute approximate surface area is 99.5 Å². The maximum absolute atomic E-state index is 13.6. The van der Waals surface area contributed by atoms with Crippen LogP contribution in [0.1, 0.15) is 22.8 Å². The Morgan fingerprint density at radius 1 is 1.35 bits per heavy atom. The van der Waals surface area contributed by atoms with Gasteiger partial charge in [0.1, 0.15) is 0 Å². The molecule has 0 aromatic heterocycles. The predicted octanol–water partition coefficient (Wildman–Crippen LogP) is 1.68. The molecular weight excluding hydrogens is 225 g/mol. The molecule has 17 heavy (non-hydrogen) atoms. The lowest BCUT2D eigenvalue weighted by Crippen LogP contribution is -2.28. The number of carbonyl (C=O) groups is 1. The van der Waals surface area contributed by atoms with Gasteiger partial charge in [0, 0.05) is 0 Å². The van der Waals surface area contributed by atoms with Crippen molar-refractivity contribution in [3.05, 3.63) is 23.0 Å². The Bertz CT molecular complexity index is 444. The number of benzene rings is 1. The summed E-state index contributed by atoms with van der Waals surface area (Å²) in [5, 5.41) is 0. The van der Waals surface area contributed by atoms with Crippen molar-refractivity contribution in [1.29, 1.82) is 0 Å². The second-order valence-electron chi connectivity index (χ2n) is 3.77. The van der Waals surface area contributed by atoms with Crippen LogP contribution in [0.4, 0.5) is 4.39 Å². The number of hydrogen-bond donors (Lipinski definition) is 1. The average Bonchev–Trinajstić information content (AvgIpc) is 2.27. The molecule has 0 bridgehead atoms. The van der Waals surface area contributed by atoms with Crippen LogP contribution >= 0.6 is 0 Å². The monoisotopic (exact) mass is 241 g/mol. The second kappa shape index (κ2) is 5.14. The van der Waals surface area contributed by atoms with Crippen LogP contribution in [0.2, 0.25) is 0 Å². The first-order valence-electron chi connectivity index (χ1n) is 5.14. The summed E-state index contributed by atoms with van der Waals surface area (Å²) in [7, 11) is 2.67. The number of Topliss-reactive ketones (excluding diaryl/α,β-unsaturated/α-hetero) is 1. The van der Waals surface area contributed by atoms with E-state index in [1.54, 1.807) is 13.8 Å². The second-order valence-corrected chi connectivity index (χ2v) is 3.77. The van der Waals surface area contributed by atoms with E-state index < -0.39 is 11.9 Å². The highest BCUT2D eigenvalue weighted by atomic mass is 19.1. The Hall–Kier alpha value is -1.62. The molecule has 4 nitrogen and oxygen atoms in total. The van der Waals surface area contributed by atoms with Gasteiger partial charge in [0.25, 0.3) is 0 Å². The van der Waals surface area contributed by atoms with E-state index in [1.165, 1.54) is 20.3 Å². The lowest BCUT2D eigenvalue weighted by molar-refractivity contribution is 0.0963. The molecule has 1 unspecified atom stereocenters. The number of carbonyl (C=O) groups excluding carboxylic acids is 1. The number of ether oxygens (including phenoxy) is 2. The van der Waals surface area contributed by atoms with Crippen molar-refractivity contribution < 1.29 is 18.7 Å². The number of aryl methyl sites for hydroxylation is 1. The van der Waals surface area contributed by atoms with Crippen LogP contribution in [0.5, 0.6) is 11.5 Å². The third-order valence-corrected chi connectivity index (χ3v) is 2.46. The highest BCUT2D eigenvalue weighted by Gasteiger charge is 2.24. The smallest absolute Gasteiger partial charge is 0.197 e. The fraction of sp³-hybridized carbons (Fsp3) is 0.417. The molecule has 0 fully saturated rings. The molecule has 0 aliphatic carbocycles. The molecule has 0 amide bonds. The van der Waals surface area contributed by atoms with Crippen LogP contribution in [0.25, 0.3) is 0 Å². The van der Waals surface area contributed by atoms with Gasteiger partial charge in [-0.1, -0.05) is 0 Å². The Morgan fingerprint density at radius 2 is 1.88 bits per heavy atom. The van der Waals surface area contributed by atoms with Gasteiger partial charge in [-0.2, -0.15) is 0 Å². The van der Waals surface area contributed by atoms with Crippen molar-refractivity contribution in [1.82, 2.24) is 0 Å². The fourth-order valence-corrected chi connectivity index (χ4v) is 1.65.